The lowest BCUT2D eigenvalue weighted by Gasteiger charge is -2.29. The van der Waals surface area contributed by atoms with E-state index in [-0.39, 0.29) is 5.56 Å². The number of hydrogen-bond acceptors (Lipinski definition) is 5. The van der Waals surface area contributed by atoms with Crippen LogP contribution in [0.15, 0.2) is 83.7 Å². The standard InChI is InChI=1S/C27H24N6O/c1-18-11-12-23-21(15-18)16-22(27(34)28-23)25(32-14-13-20-9-5-6-10-24(20)32)26-29-30-31-33(26)17-19-7-3-2-4-8-19/h2-12,15-16,25H,13-14,17H2,1H3,(H,28,34)/t25-/m1/s1. The van der Waals surface area contributed by atoms with Gasteiger partial charge >= 0.3 is 0 Å². The van der Waals surface area contributed by atoms with Crippen molar-refractivity contribution in [3.05, 3.63) is 117 Å². The molecule has 7 heteroatoms. The Labute approximate surface area is 196 Å². The molecule has 34 heavy (non-hydrogen) atoms. The Morgan fingerprint density at radius 3 is 2.71 bits per heavy atom. The van der Waals surface area contributed by atoms with Gasteiger partial charge in [0.25, 0.3) is 5.56 Å². The quantitative estimate of drug-likeness (QED) is 0.439. The maximum Gasteiger partial charge on any atom is 0.254 e. The second-order valence-corrected chi connectivity index (χ2v) is 8.80. The van der Waals surface area contributed by atoms with E-state index in [1.165, 1.54) is 5.56 Å². The zero-order valence-electron chi connectivity index (χ0n) is 18.8. The number of benzene rings is 3. The number of aryl methyl sites for hydroxylation is 1. The predicted octanol–water partition coefficient (Wildman–Crippen LogP) is 4.02. The topological polar surface area (TPSA) is 79.7 Å². The van der Waals surface area contributed by atoms with Gasteiger partial charge in [-0.3, -0.25) is 4.79 Å². The highest BCUT2D eigenvalue weighted by Crippen LogP contribution is 2.37. The normalized spacial score (nSPS) is 13.9. The van der Waals surface area contributed by atoms with E-state index in [0.717, 1.165) is 40.7 Å². The molecule has 0 saturated heterocycles. The molecule has 0 radical (unpaired) electrons. The molecule has 168 valence electrons. The molecule has 0 bridgehead atoms. The lowest BCUT2D eigenvalue weighted by atomic mass is 10.0. The predicted molar refractivity (Wildman–Crippen MR) is 132 cm³/mol. The van der Waals surface area contributed by atoms with Crippen molar-refractivity contribution in [3.8, 4) is 0 Å². The van der Waals surface area contributed by atoms with Crippen molar-refractivity contribution in [2.45, 2.75) is 25.9 Å². The van der Waals surface area contributed by atoms with E-state index in [1.807, 2.05) is 42.5 Å². The number of nitrogens with one attached hydrogen (secondary N) is 1. The molecule has 1 aliphatic rings. The van der Waals surface area contributed by atoms with E-state index < -0.39 is 6.04 Å². The number of hydrogen-bond donors (Lipinski definition) is 1. The fraction of sp³-hybridized carbons (Fsp3) is 0.185. The number of anilines is 1. The van der Waals surface area contributed by atoms with Gasteiger partial charge in [0.15, 0.2) is 5.82 Å². The van der Waals surface area contributed by atoms with Crippen molar-refractivity contribution in [2.24, 2.45) is 0 Å². The third-order valence-electron chi connectivity index (χ3n) is 6.54. The summed E-state index contributed by atoms with van der Waals surface area (Å²) in [5.41, 5.74) is 5.96. The van der Waals surface area contributed by atoms with Crippen LogP contribution in [-0.2, 0) is 13.0 Å². The van der Waals surface area contributed by atoms with Crippen molar-refractivity contribution < 1.29 is 0 Å². The van der Waals surface area contributed by atoms with Crippen LogP contribution in [0.25, 0.3) is 10.9 Å². The fourth-order valence-corrected chi connectivity index (χ4v) is 4.90. The van der Waals surface area contributed by atoms with Gasteiger partial charge in [-0.05, 0) is 64.5 Å². The number of fused-ring (bicyclic) bond motifs is 2. The number of aromatic amines is 1. The Morgan fingerprint density at radius 1 is 1.00 bits per heavy atom. The van der Waals surface area contributed by atoms with Gasteiger partial charge in [-0.1, -0.05) is 60.2 Å². The lowest BCUT2D eigenvalue weighted by Crippen LogP contribution is -2.34. The number of tetrazole rings is 1. The van der Waals surface area contributed by atoms with Gasteiger partial charge in [0.1, 0.15) is 6.04 Å². The average molecular weight is 449 g/mol. The minimum absolute atomic E-state index is 0.125. The average Bonchev–Trinajstić information content (AvgIpc) is 3.48. The maximum atomic E-state index is 13.4. The highest BCUT2D eigenvalue weighted by molar-refractivity contribution is 5.80. The number of para-hydroxylation sites is 1. The highest BCUT2D eigenvalue weighted by atomic mass is 16.1. The van der Waals surface area contributed by atoms with Crippen molar-refractivity contribution >= 4 is 16.6 Å². The Kier molecular flexibility index (Phi) is 4.95. The van der Waals surface area contributed by atoms with Gasteiger partial charge in [-0.15, -0.1) is 5.10 Å². The molecule has 6 rings (SSSR count). The molecule has 0 amide bonds. The molecule has 0 fully saturated rings. The molecule has 7 nitrogen and oxygen atoms in total. The summed E-state index contributed by atoms with van der Waals surface area (Å²) in [5, 5.41) is 13.8. The van der Waals surface area contributed by atoms with Crippen LogP contribution in [0.1, 0.15) is 34.1 Å². The first-order valence-corrected chi connectivity index (χ1v) is 11.5. The molecular formula is C27H24N6O. The minimum Gasteiger partial charge on any atom is -0.357 e. The maximum absolute atomic E-state index is 13.4. The Morgan fingerprint density at radius 2 is 1.82 bits per heavy atom. The van der Waals surface area contributed by atoms with E-state index in [1.54, 1.807) is 4.68 Å². The van der Waals surface area contributed by atoms with E-state index in [4.69, 9.17) is 0 Å². The number of pyridine rings is 1. The van der Waals surface area contributed by atoms with Gasteiger partial charge < -0.3 is 9.88 Å². The largest absolute Gasteiger partial charge is 0.357 e. The van der Waals surface area contributed by atoms with Crippen LogP contribution in [-0.4, -0.2) is 31.7 Å². The first kappa shape index (κ1) is 20.4. The monoisotopic (exact) mass is 448 g/mol. The fourth-order valence-electron chi connectivity index (χ4n) is 4.90. The Balaban J connectivity index is 1.54. The summed E-state index contributed by atoms with van der Waals surface area (Å²) in [7, 11) is 0. The van der Waals surface area contributed by atoms with Gasteiger partial charge in [0.05, 0.1) is 6.54 Å². The van der Waals surface area contributed by atoms with E-state index in [2.05, 4.69) is 68.7 Å². The van der Waals surface area contributed by atoms with Gasteiger partial charge in [0.2, 0.25) is 0 Å². The lowest BCUT2D eigenvalue weighted by molar-refractivity contribution is 0.577. The SMILES string of the molecule is Cc1ccc2[nH]c(=O)c([C@H](c3nnnn3Cc3ccccc3)N3CCc4ccccc43)cc2c1. The summed E-state index contributed by atoms with van der Waals surface area (Å²) < 4.78 is 1.81. The van der Waals surface area contributed by atoms with Crippen molar-refractivity contribution in [1.82, 2.24) is 25.2 Å². The van der Waals surface area contributed by atoms with Crippen LogP contribution in [0, 0.1) is 6.92 Å². The second kappa shape index (κ2) is 8.26. The van der Waals surface area contributed by atoms with Crippen molar-refractivity contribution in [2.75, 3.05) is 11.4 Å². The van der Waals surface area contributed by atoms with Gasteiger partial charge in [0, 0.05) is 23.3 Å². The molecule has 0 spiro atoms. The summed E-state index contributed by atoms with van der Waals surface area (Å²) in [6, 6.07) is 26.1. The Hall–Kier alpha value is -4.26. The summed E-state index contributed by atoms with van der Waals surface area (Å²) in [6.07, 6.45) is 0.914. The van der Waals surface area contributed by atoms with E-state index >= 15 is 0 Å². The molecule has 1 atom stereocenters. The highest BCUT2D eigenvalue weighted by Gasteiger charge is 2.34. The molecule has 1 N–H and O–H groups in total. The first-order valence-electron chi connectivity index (χ1n) is 11.5. The van der Waals surface area contributed by atoms with Crippen LogP contribution < -0.4 is 10.5 Å². The smallest absolute Gasteiger partial charge is 0.254 e. The van der Waals surface area contributed by atoms with Crippen LogP contribution >= 0.6 is 0 Å². The molecule has 0 unspecified atom stereocenters. The molecule has 0 aliphatic carbocycles. The summed E-state index contributed by atoms with van der Waals surface area (Å²) in [4.78, 5) is 18.8. The van der Waals surface area contributed by atoms with Crippen molar-refractivity contribution in [3.63, 3.8) is 0 Å². The molecular weight excluding hydrogens is 424 g/mol. The van der Waals surface area contributed by atoms with Gasteiger partial charge in [-0.25, -0.2) is 4.68 Å². The number of nitrogens with zero attached hydrogens (tertiary/aromatic N) is 5. The third-order valence-corrected chi connectivity index (χ3v) is 6.54. The zero-order valence-corrected chi connectivity index (χ0v) is 18.8. The summed E-state index contributed by atoms with van der Waals surface area (Å²) >= 11 is 0. The molecule has 2 aromatic heterocycles. The summed E-state index contributed by atoms with van der Waals surface area (Å²) in [6.45, 7) is 3.37. The molecule has 3 heterocycles. The van der Waals surface area contributed by atoms with E-state index in [9.17, 15) is 4.79 Å². The van der Waals surface area contributed by atoms with Crippen LogP contribution in [0.2, 0.25) is 0 Å². The van der Waals surface area contributed by atoms with Crippen LogP contribution in [0.3, 0.4) is 0 Å². The van der Waals surface area contributed by atoms with Gasteiger partial charge in [-0.2, -0.15) is 0 Å². The van der Waals surface area contributed by atoms with Crippen LogP contribution in [0.5, 0.6) is 0 Å². The van der Waals surface area contributed by atoms with Crippen molar-refractivity contribution in [1.29, 1.82) is 0 Å². The minimum atomic E-state index is -0.420. The molecule has 1 aliphatic heterocycles. The zero-order chi connectivity index (χ0) is 23.1. The summed E-state index contributed by atoms with van der Waals surface area (Å²) in [5.74, 6) is 0.651. The molecule has 3 aromatic carbocycles. The number of H-pyrrole nitrogens is 1. The van der Waals surface area contributed by atoms with Crippen LogP contribution in [0.4, 0.5) is 5.69 Å². The second-order valence-electron chi connectivity index (χ2n) is 8.80. The number of aromatic nitrogens is 5. The third kappa shape index (κ3) is 3.55. The first-order chi connectivity index (χ1) is 16.7. The Bertz CT molecular complexity index is 1540. The molecule has 0 saturated carbocycles. The number of rotatable bonds is 5. The van der Waals surface area contributed by atoms with E-state index in [0.29, 0.717) is 17.9 Å². The molecule has 5 aromatic rings.